The molecule has 0 heterocycles. The van der Waals surface area contributed by atoms with Gasteiger partial charge in [-0.3, -0.25) is 0 Å². The first kappa shape index (κ1) is 5.92. The zero-order valence-corrected chi connectivity index (χ0v) is 4.94. The summed E-state index contributed by atoms with van der Waals surface area (Å²) in [5.74, 6) is 0. The topological polar surface area (TPSA) is 3.24 Å². The molecule has 0 unspecified atom stereocenters. The van der Waals surface area contributed by atoms with E-state index in [-0.39, 0.29) is 0 Å². The first-order valence-electron chi connectivity index (χ1n) is 1.80. The molecule has 6 heavy (non-hydrogen) atoms. The van der Waals surface area contributed by atoms with E-state index in [0.717, 1.165) is 6.54 Å². The summed E-state index contributed by atoms with van der Waals surface area (Å²) in [6, 6.07) is 0. The van der Waals surface area contributed by atoms with Gasteiger partial charge in [-0.15, -0.1) is 6.58 Å². The normalized spacial score (nSPS) is 9.17. The summed E-state index contributed by atoms with van der Waals surface area (Å²) in [7, 11) is 5.17. The van der Waals surface area contributed by atoms with Crippen molar-refractivity contribution in [1.82, 2.24) is 4.57 Å². The van der Waals surface area contributed by atoms with Crippen molar-refractivity contribution in [3.63, 3.8) is 0 Å². The van der Waals surface area contributed by atoms with E-state index < -0.39 is 0 Å². The van der Waals surface area contributed by atoms with Crippen LogP contribution in [0.15, 0.2) is 12.7 Å². The average Bonchev–Trinajstić information content (AvgIpc) is 1.35. The second-order valence-electron chi connectivity index (χ2n) is 1.17. The molecule has 2 heteroatoms. The average molecular weight is 98.2 g/mol. The highest BCUT2D eigenvalue weighted by atomic mass is 28.2. The van der Waals surface area contributed by atoms with Crippen LogP contribution in [-0.2, 0) is 0 Å². The van der Waals surface area contributed by atoms with E-state index in [1.54, 1.807) is 0 Å². The van der Waals surface area contributed by atoms with Crippen molar-refractivity contribution in [2.75, 3.05) is 13.6 Å². The molecule has 0 atom stereocenters. The number of hydrogen-bond acceptors (Lipinski definition) is 1. The molecule has 0 amide bonds. The van der Waals surface area contributed by atoms with Gasteiger partial charge in [-0.1, -0.05) is 6.08 Å². The summed E-state index contributed by atoms with van der Waals surface area (Å²) in [4.78, 5) is 0. The van der Waals surface area contributed by atoms with E-state index >= 15 is 0 Å². The molecule has 0 aliphatic heterocycles. The Kier molecular flexibility index (Phi) is 3.08. The van der Waals surface area contributed by atoms with E-state index in [1.807, 2.05) is 17.7 Å². The molecular weight excluding hydrogens is 90.1 g/mol. The van der Waals surface area contributed by atoms with Crippen molar-refractivity contribution >= 4 is 10.4 Å². The molecule has 0 saturated carbocycles. The van der Waals surface area contributed by atoms with Gasteiger partial charge in [-0.2, -0.15) is 0 Å². The third-order valence-corrected chi connectivity index (χ3v) is 0.586. The van der Waals surface area contributed by atoms with Gasteiger partial charge >= 0.3 is 0 Å². The molecule has 0 aliphatic carbocycles. The van der Waals surface area contributed by atoms with Crippen molar-refractivity contribution in [3.8, 4) is 0 Å². The number of nitrogens with zero attached hydrogens (tertiary/aromatic N) is 1. The summed E-state index contributed by atoms with van der Waals surface area (Å²) >= 11 is 0. The molecule has 1 nitrogen and oxygen atoms in total. The quantitative estimate of drug-likeness (QED) is 0.352. The van der Waals surface area contributed by atoms with E-state index in [1.165, 1.54) is 0 Å². The molecule has 0 rings (SSSR count). The fourth-order valence-electron chi connectivity index (χ4n) is 0.194. The molecule has 0 aromatic rings. The van der Waals surface area contributed by atoms with Gasteiger partial charge in [0.15, 0.2) is 0 Å². The van der Waals surface area contributed by atoms with Gasteiger partial charge in [0.2, 0.25) is 0 Å². The monoisotopic (exact) mass is 98.0 g/mol. The largest absolute Gasteiger partial charge is 0.326 e. The van der Waals surface area contributed by atoms with Gasteiger partial charge in [0, 0.05) is 6.54 Å². The van der Waals surface area contributed by atoms with Crippen LogP contribution in [0.5, 0.6) is 0 Å². The zero-order valence-electron chi connectivity index (χ0n) is 3.94. The molecule has 0 aromatic heterocycles. The van der Waals surface area contributed by atoms with Crippen LogP contribution in [0, 0.1) is 0 Å². The third kappa shape index (κ3) is 3.92. The van der Waals surface area contributed by atoms with Crippen molar-refractivity contribution in [3.05, 3.63) is 12.7 Å². The molecule has 0 aromatic carbocycles. The van der Waals surface area contributed by atoms with Crippen molar-refractivity contribution in [1.29, 1.82) is 0 Å². The Morgan fingerprint density at radius 1 is 2.00 bits per heavy atom. The first-order chi connectivity index (χ1) is 2.77. The maximum Gasteiger partial charge on any atom is 0.143 e. The first-order valence-corrected chi connectivity index (χ1v) is 2.25. The van der Waals surface area contributed by atoms with E-state index in [4.69, 9.17) is 0 Å². The van der Waals surface area contributed by atoms with Crippen LogP contribution in [0.4, 0.5) is 0 Å². The Labute approximate surface area is 42.2 Å². The van der Waals surface area contributed by atoms with Gasteiger partial charge in [0.1, 0.15) is 10.4 Å². The van der Waals surface area contributed by atoms with Gasteiger partial charge in [0.05, 0.1) is 0 Å². The summed E-state index contributed by atoms with van der Waals surface area (Å²) in [5, 5.41) is 0. The predicted molar refractivity (Wildman–Crippen MR) is 28.6 cm³/mol. The standard InChI is InChI=1S/C4H8NSi/c1-3-4-5(2)6/h3H,1,4H2,2H3. The molecular formula is C4H8NSi. The number of rotatable bonds is 2. The SMILES string of the molecule is C=CCN(C)[Si]. The molecule has 0 saturated heterocycles. The number of hydrogen-bond donors (Lipinski definition) is 0. The maximum atomic E-state index is 3.53. The van der Waals surface area contributed by atoms with Crippen LogP contribution in [-0.4, -0.2) is 28.6 Å². The third-order valence-electron chi connectivity index (χ3n) is 0.403. The van der Waals surface area contributed by atoms with Gasteiger partial charge in [0.25, 0.3) is 0 Å². The lowest BCUT2D eigenvalue weighted by Crippen LogP contribution is -2.12. The van der Waals surface area contributed by atoms with Crippen molar-refractivity contribution in [2.45, 2.75) is 0 Å². The predicted octanol–water partition coefficient (Wildman–Crippen LogP) is 0.188. The molecule has 33 valence electrons. The Morgan fingerprint density at radius 3 is 2.50 bits per heavy atom. The summed E-state index contributed by atoms with van der Waals surface area (Å²) in [5.41, 5.74) is 0. The summed E-state index contributed by atoms with van der Waals surface area (Å²) in [6.45, 7) is 4.41. The Morgan fingerprint density at radius 2 is 2.50 bits per heavy atom. The molecule has 0 bridgehead atoms. The van der Waals surface area contributed by atoms with E-state index in [0.29, 0.717) is 0 Å². The zero-order chi connectivity index (χ0) is 4.99. The number of likely N-dealkylation sites (N-methyl/N-ethyl adjacent to an activating group) is 1. The highest BCUT2D eigenvalue weighted by Crippen LogP contribution is 1.67. The van der Waals surface area contributed by atoms with E-state index in [2.05, 4.69) is 17.0 Å². The Balaban J connectivity index is 2.81. The van der Waals surface area contributed by atoms with Crippen LogP contribution in [0.2, 0.25) is 0 Å². The van der Waals surface area contributed by atoms with Gasteiger partial charge in [-0.05, 0) is 7.05 Å². The van der Waals surface area contributed by atoms with Gasteiger partial charge < -0.3 is 4.57 Å². The smallest absolute Gasteiger partial charge is 0.143 e. The minimum Gasteiger partial charge on any atom is -0.326 e. The van der Waals surface area contributed by atoms with Crippen LogP contribution in [0.1, 0.15) is 0 Å². The maximum absolute atomic E-state index is 3.53. The lowest BCUT2D eigenvalue weighted by molar-refractivity contribution is 0.614. The second kappa shape index (κ2) is 3.12. The lowest BCUT2D eigenvalue weighted by Gasteiger charge is -2.00. The Bertz CT molecular complexity index is 42.8. The fourth-order valence-corrected chi connectivity index (χ4v) is 0.323. The van der Waals surface area contributed by atoms with Crippen molar-refractivity contribution < 1.29 is 0 Å². The van der Waals surface area contributed by atoms with Crippen LogP contribution in [0.3, 0.4) is 0 Å². The molecule has 0 fully saturated rings. The molecule has 0 aliphatic rings. The Hall–Kier alpha value is -0.0831. The second-order valence-corrected chi connectivity index (χ2v) is 1.93. The highest BCUT2D eigenvalue weighted by Gasteiger charge is 1.76. The van der Waals surface area contributed by atoms with E-state index in [9.17, 15) is 0 Å². The summed E-state index contributed by atoms with van der Waals surface area (Å²) in [6.07, 6.45) is 1.83. The summed E-state index contributed by atoms with van der Waals surface area (Å²) < 4.78 is 1.87. The minimum atomic E-state index is 0.886. The lowest BCUT2D eigenvalue weighted by atomic mass is 10.6. The van der Waals surface area contributed by atoms with Crippen LogP contribution >= 0.6 is 0 Å². The molecule has 3 radical (unpaired) electrons. The van der Waals surface area contributed by atoms with Crippen LogP contribution in [0.25, 0.3) is 0 Å². The minimum absolute atomic E-state index is 0.886. The van der Waals surface area contributed by atoms with Crippen molar-refractivity contribution in [2.24, 2.45) is 0 Å². The van der Waals surface area contributed by atoms with Gasteiger partial charge in [-0.25, -0.2) is 0 Å². The van der Waals surface area contributed by atoms with Crippen LogP contribution < -0.4 is 0 Å². The highest BCUT2D eigenvalue weighted by molar-refractivity contribution is 6.04. The molecule has 0 spiro atoms. The molecule has 0 N–H and O–H groups in total. The fraction of sp³-hybridized carbons (Fsp3) is 0.500.